The molecule has 2 rings (SSSR count). The predicted molar refractivity (Wildman–Crippen MR) is 51.6 cm³/mol. The summed E-state index contributed by atoms with van der Waals surface area (Å²) in [6.07, 6.45) is 15.3. The number of hydrogen-bond donors (Lipinski definition) is 0. The van der Waals surface area contributed by atoms with Gasteiger partial charge in [0, 0.05) is 0 Å². The molecule has 0 unspecified atom stereocenters. The normalized spacial score (nSPS) is 37.6. The zero-order valence-corrected chi connectivity index (χ0v) is 7.82. The highest BCUT2D eigenvalue weighted by Crippen LogP contribution is 2.71. The van der Waals surface area contributed by atoms with E-state index in [9.17, 15) is 0 Å². The maximum absolute atomic E-state index is 2.39. The van der Waals surface area contributed by atoms with Gasteiger partial charge in [-0.05, 0) is 24.6 Å². The molecule has 0 aromatic carbocycles. The van der Waals surface area contributed by atoms with Crippen LogP contribution < -0.4 is 0 Å². The highest BCUT2D eigenvalue weighted by atomic mass is 32.1. The molecule has 0 fully saturated rings. The van der Waals surface area contributed by atoms with Gasteiger partial charge in [-0.1, -0.05) is 39.5 Å². The molecule has 0 atom stereocenters. The minimum Gasteiger partial charge on any atom is -0.0835 e. The molecule has 0 aliphatic carbocycles. The van der Waals surface area contributed by atoms with Crippen molar-refractivity contribution in [3.63, 3.8) is 0 Å². The third-order valence-corrected chi connectivity index (χ3v) is 9.69. The van der Waals surface area contributed by atoms with Gasteiger partial charge in [0.05, 0.1) is 0 Å². The second-order valence-electron chi connectivity index (χ2n) is 2.69. The summed E-state index contributed by atoms with van der Waals surface area (Å²) in [5, 5.41) is 0. The average molecular weight is 170 g/mol. The number of allylic oxidation sites excluding steroid dienone is 4. The smallest absolute Gasteiger partial charge is 0.0103 e. The van der Waals surface area contributed by atoms with Crippen molar-refractivity contribution >= 4 is 15.2 Å². The van der Waals surface area contributed by atoms with Crippen LogP contribution in [-0.2, 0) is 0 Å². The quantitative estimate of drug-likeness (QED) is 0.387. The van der Waals surface area contributed by atoms with E-state index in [-0.39, 0.29) is 0 Å². The summed E-state index contributed by atoms with van der Waals surface area (Å²) < 4.78 is 0. The fraction of sp³-hybridized carbons (Fsp3) is 0.500. The van der Waals surface area contributed by atoms with Crippen molar-refractivity contribution in [1.29, 1.82) is 0 Å². The molecule has 0 nitrogen and oxygen atoms in total. The second-order valence-corrected chi connectivity index (χ2v) is 9.57. The van der Waals surface area contributed by atoms with Crippen molar-refractivity contribution in [2.45, 2.75) is 0 Å². The molecule has 0 aromatic rings. The van der Waals surface area contributed by atoms with Crippen LogP contribution in [0.15, 0.2) is 24.3 Å². The van der Waals surface area contributed by atoms with E-state index in [0.29, 0.717) is 15.2 Å². The zero-order chi connectivity index (χ0) is 6.81. The van der Waals surface area contributed by atoms with E-state index in [1.165, 1.54) is 24.6 Å². The Hall–Kier alpha value is 0.340. The number of fused-ring (bicyclic) bond motifs is 1. The lowest BCUT2D eigenvalue weighted by Gasteiger charge is -2.30. The molecule has 0 saturated carbocycles. The van der Waals surface area contributed by atoms with Crippen molar-refractivity contribution in [2.24, 2.45) is 0 Å². The van der Waals surface area contributed by atoms with Crippen molar-refractivity contribution < 1.29 is 0 Å². The molecule has 0 amide bonds. The molecule has 0 saturated heterocycles. The van der Waals surface area contributed by atoms with Crippen molar-refractivity contribution in [3.8, 4) is 0 Å². The van der Waals surface area contributed by atoms with E-state index >= 15 is 0 Å². The van der Waals surface area contributed by atoms with E-state index < -0.39 is 0 Å². The van der Waals surface area contributed by atoms with Gasteiger partial charge in [-0.2, -0.15) is 0 Å². The minimum atomic E-state index is 0.445. The molecular weight excluding hydrogens is 158 g/mol. The van der Waals surface area contributed by atoms with E-state index in [1.54, 1.807) is 0 Å². The van der Waals surface area contributed by atoms with Crippen molar-refractivity contribution in [1.82, 2.24) is 0 Å². The molecule has 0 N–H and O–H groups in total. The Labute approximate surface area is 64.8 Å². The first kappa shape index (κ1) is 7.01. The van der Waals surface area contributed by atoms with Gasteiger partial charge in [0.25, 0.3) is 0 Å². The molecule has 0 spiro atoms. The first-order valence-corrected chi connectivity index (χ1v) is 7.89. The fourth-order valence-corrected chi connectivity index (χ4v) is 8.09. The van der Waals surface area contributed by atoms with Crippen LogP contribution in [0.2, 0.25) is 0 Å². The van der Waals surface area contributed by atoms with Gasteiger partial charge >= 0.3 is 0 Å². The highest BCUT2D eigenvalue weighted by Gasteiger charge is 2.20. The van der Waals surface area contributed by atoms with Gasteiger partial charge in [0.15, 0.2) is 0 Å². The molecule has 2 heterocycles. The van der Waals surface area contributed by atoms with Gasteiger partial charge in [-0.25, -0.2) is 0 Å². The molecule has 54 valence electrons. The Balaban J connectivity index is 2.09. The summed E-state index contributed by atoms with van der Waals surface area (Å²) in [6, 6.07) is 0. The first-order chi connectivity index (χ1) is 4.97. The van der Waals surface area contributed by atoms with Crippen LogP contribution in [0.5, 0.6) is 0 Å². The van der Waals surface area contributed by atoms with Gasteiger partial charge in [0.1, 0.15) is 0 Å². The number of rotatable bonds is 0. The summed E-state index contributed by atoms with van der Waals surface area (Å²) in [5.41, 5.74) is 0. The van der Waals surface area contributed by atoms with E-state index in [0.717, 1.165) is 0 Å². The van der Waals surface area contributed by atoms with Crippen LogP contribution in [0.1, 0.15) is 0 Å². The number of hydrogen-bond acceptors (Lipinski definition) is 0. The Kier molecular flexibility index (Phi) is 2.22. The first-order valence-electron chi connectivity index (χ1n) is 3.76. The molecule has 10 heavy (non-hydrogen) atoms. The third-order valence-electron chi connectivity index (χ3n) is 2.00. The topological polar surface area (TPSA) is 0 Å². The highest BCUT2D eigenvalue weighted by molar-refractivity contribution is 8.30. The molecule has 0 aromatic heterocycles. The van der Waals surface area contributed by atoms with Crippen molar-refractivity contribution in [3.05, 3.63) is 24.3 Å². The van der Waals surface area contributed by atoms with Crippen LogP contribution in [0.3, 0.4) is 0 Å². The maximum Gasteiger partial charge on any atom is -0.0103 e. The third kappa shape index (κ3) is 1.34. The Bertz CT molecular complexity index is 136. The van der Waals surface area contributed by atoms with Crippen LogP contribution in [0.25, 0.3) is 0 Å². The van der Waals surface area contributed by atoms with E-state index in [2.05, 4.69) is 24.3 Å². The lowest BCUT2D eigenvalue weighted by atomic mass is 10.6. The summed E-state index contributed by atoms with van der Waals surface area (Å²) in [5.74, 6) is 0. The molecule has 0 bridgehead atoms. The maximum atomic E-state index is 2.39. The van der Waals surface area contributed by atoms with Crippen LogP contribution in [0.4, 0.5) is 0 Å². The standard InChI is InChI=1S/C8H12P2/c1-2-6-10-8-4-3-7-9(10)5-1/h1-4H,5-8H2. The molecular formula is C8H12P2. The summed E-state index contributed by atoms with van der Waals surface area (Å²) in [6.45, 7) is 0. The predicted octanol–water partition coefficient (Wildman–Crippen LogP) is 3.00. The largest absolute Gasteiger partial charge is 0.0835 e. The second kappa shape index (κ2) is 3.16. The lowest BCUT2D eigenvalue weighted by Crippen LogP contribution is -1.98. The summed E-state index contributed by atoms with van der Waals surface area (Å²) >= 11 is 0. The summed E-state index contributed by atoms with van der Waals surface area (Å²) in [4.78, 5) is 0. The SMILES string of the molecule is C1=CCP2CC=CCP2C1. The van der Waals surface area contributed by atoms with E-state index in [4.69, 9.17) is 0 Å². The Morgan fingerprint density at radius 1 is 0.600 bits per heavy atom. The van der Waals surface area contributed by atoms with Gasteiger partial charge in [0.2, 0.25) is 0 Å². The van der Waals surface area contributed by atoms with Gasteiger partial charge in [-0.3, -0.25) is 0 Å². The average Bonchev–Trinajstić information content (AvgIpc) is 2.05. The molecule has 2 heteroatoms. The van der Waals surface area contributed by atoms with E-state index in [1.807, 2.05) is 0 Å². The zero-order valence-electron chi connectivity index (χ0n) is 6.03. The van der Waals surface area contributed by atoms with Crippen LogP contribution in [-0.4, -0.2) is 24.6 Å². The summed E-state index contributed by atoms with van der Waals surface area (Å²) in [7, 11) is 0.890. The van der Waals surface area contributed by atoms with Crippen LogP contribution >= 0.6 is 15.2 Å². The minimum absolute atomic E-state index is 0.445. The Morgan fingerprint density at radius 3 is 1.20 bits per heavy atom. The lowest BCUT2D eigenvalue weighted by molar-refractivity contribution is 1.52. The molecule has 2 aliphatic heterocycles. The monoisotopic (exact) mass is 170 g/mol. The Morgan fingerprint density at radius 2 is 0.900 bits per heavy atom. The van der Waals surface area contributed by atoms with Gasteiger partial charge < -0.3 is 0 Å². The molecule has 2 aliphatic rings. The molecule has 0 radical (unpaired) electrons. The van der Waals surface area contributed by atoms with Gasteiger partial charge in [-0.15, -0.1) is 0 Å². The fourth-order valence-electron chi connectivity index (χ4n) is 1.40. The van der Waals surface area contributed by atoms with Crippen LogP contribution in [0, 0.1) is 0 Å². The van der Waals surface area contributed by atoms with Crippen molar-refractivity contribution in [2.75, 3.05) is 24.6 Å².